The van der Waals surface area contributed by atoms with E-state index in [-0.39, 0.29) is 5.78 Å². The third-order valence-corrected chi connectivity index (χ3v) is 2.97. The number of hydrogen-bond donors (Lipinski definition) is 1. The molecule has 0 saturated carbocycles. The van der Waals surface area contributed by atoms with Gasteiger partial charge in [-0.25, -0.2) is 0 Å². The maximum Gasteiger partial charge on any atom is 0.190 e. The molecule has 1 aliphatic carbocycles. The first kappa shape index (κ1) is 9.37. The first-order valence-corrected chi connectivity index (χ1v) is 4.55. The summed E-state index contributed by atoms with van der Waals surface area (Å²) < 4.78 is 5.28. The van der Waals surface area contributed by atoms with Crippen LogP contribution in [-0.2, 0) is 15.1 Å². The highest BCUT2D eigenvalue weighted by atomic mass is 16.5. The van der Waals surface area contributed by atoms with E-state index in [1.54, 1.807) is 6.92 Å². The van der Waals surface area contributed by atoms with Crippen molar-refractivity contribution in [3.05, 3.63) is 35.4 Å². The van der Waals surface area contributed by atoms with Gasteiger partial charge in [-0.1, -0.05) is 24.3 Å². The second-order valence-corrected chi connectivity index (χ2v) is 3.67. The number of ketones is 1. The lowest BCUT2D eigenvalue weighted by Gasteiger charge is -2.21. The first-order valence-electron chi connectivity index (χ1n) is 4.55. The minimum atomic E-state index is -0.865. The monoisotopic (exact) mass is 191 g/mol. The second-order valence-electron chi connectivity index (χ2n) is 3.67. The van der Waals surface area contributed by atoms with E-state index in [9.17, 15) is 4.79 Å². The lowest BCUT2D eigenvalue weighted by molar-refractivity contribution is -0.139. The van der Waals surface area contributed by atoms with Gasteiger partial charge in [0.2, 0.25) is 0 Å². The zero-order valence-corrected chi connectivity index (χ0v) is 8.28. The van der Waals surface area contributed by atoms with Gasteiger partial charge in [0.1, 0.15) is 0 Å². The molecular formula is C11H13NO2. The van der Waals surface area contributed by atoms with Crippen LogP contribution in [0.4, 0.5) is 0 Å². The van der Waals surface area contributed by atoms with E-state index in [2.05, 4.69) is 0 Å². The summed E-state index contributed by atoms with van der Waals surface area (Å²) in [7, 11) is 1.53. The summed E-state index contributed by atoms with van der Waals surface area (Å²) in [6.45, 7) is 1.76. The Morgan fingerprint density at radius 1 is 1.43 bits per heavy atom. The molecule has 3 heteroatoms. The highest BCUT2D eigenvalue weighted by molar-refractivity contribution is 5.98. The van der Waals surface area contributed by atoms with Gasteiger partial charge in [0, 0.05) is 7.11 Å². The number of hydrogen-bond acceptors (Lipinski definition) is 3. The van der Waals surface area contributed by atoms with E-state index in [1.807, 2.05) is 24.3 Å². The summed E-state index contributed by atoms with van der Waals surface area (Å²) in [5.74, 6) is -0.0683. The number of carbonyl (C=O) groups excluding carboxylic acids is 1. The van der Waals surface area contributed by atoms with Crippen molar-refractivity contribution in [2.24, 2.45) is 5.73 Å². The predicted octanol–water partition coefficient (Wildman–Crippen LogP) is 1.13. The van der Waals surface area contributed by atoms with Crippen molar-refractivity contribution in [2.75, 3.05) is 7.11 Å². The molecule has 0 heterocycles. The van der Waals surface area contributed by atoms with Crippen LogP contribution in [0.1, 0.15) is 24.1 Å². The number of ether oxygens (including phenoxy) is 1. The molecule has 0 saturated heterocycles. The Bertz CT molecular complexity index is 389. The molecule has 0 amide bonds. The van der Waals surface area contributed by atoms with Crippen molar-refractivity contribution < 1.29 is 9.53 Å². The SMILES string of the molecule is COC1(C)C(=O)C(N)c2ccccc21. The van der Waals surface area contributed by atoms with Crippen LogP contribution in [0, 0.1) is 0 Å². The number of nitrogens with two attached hydrogens (primary N) is 1. The van der Waals surface area contributed by atoms with Gasteiger partial charge in [-0.15, -0.1) is 0 Å². The quantitative estimate of drug-likeness (QED) is 0.724. The third-order valence-electron chi connectivity index (χ3n) is 2.97. The van der Waals surface area contributed by atoms with Crippen LogP contribution in [0.2, 0.25) is 0 Å². The Balaban J connectivity index is 2.65. The molecule has 2 N–H and O–H groups in total. The minimum Gasteiger partial charge on any atom is -0.366 e. The molecule has 2 unspecified atom stereocenters. The van der Waals surface area contributed by atoms with Crippen LogP contribution in [0.15, 0.2) is 24.3 Å². The van der Waals surface area contributed by atoms with Crippen LogP contribution < -0.4 is 5.73 Å². The van der Waals surface area contributed by atoms with Crippen molar-refractivity contribution in [2.45, 2.75) is 18.6 Å². The summed E-state index contributed by atoms with van der Waals surface area (Å²) in [5.41, 5.74) is 6.71. The Labute approximate surface area is 82.9 Å². The minimum absolute atomic E-state index is 0.0683. The molecule has 0 spiro atoms. The molecule has 0 bridgehead atoms. The largest absolute Gasteiger partial charge is 0.366 e. The fraction of sp³-hybridized carbons (Fsp3) is 0.364. The Morgan fingerprint density at radius 2 is 2.07 bits per heavy atom. The van der Waals surface area contributed by atoms with Crippen LogP contribution in [0.25, 0.3) is 0 Å². The van der Waals surface area contributed by atoms with E-state index in [1.165, 1.54) is 7.11 Å². The fourth-order valence-corrected chi connectivity index (χ4v) is 1.98. The normalized spacial score (nSPS) is 30.5. The van der Waals surface area contributed by atoms with Crippen LogP contribution in [0.5, 0.6) is 0 Å². The molecule has 0 aromatic heterocycles. The molecule has 14 heavy (non-hydrogen) atoms. The maximum absolute atomic E-state index is 11.9. The Kier molecular flexibility index (Phi) is 1.94. The van der Waals surface area contributed by atoms with Crippen molar-refractivity contribution >= 4 is 5.78 Å². The van der Waals surface area contributed by atoms with Crippen molar-refractivity contribution in [3.8, 4) is 0 Å². The van der Waals surface area contributed by atoms with E-state index in [0.29, 0.717) is 0 Å². The van der Waals surface area contributed by atoms with Gasteiger partial charge in [-0.05, 0) is 18.1 Å². The smallest absolute Gasteiger partial charge is 0.190 e. The first-order chi connectivity index (χ1) is 6.61. The molecule has 1 aliphatic rings. The van der Waals surface area contributed by atoms with Crippen LogP contribution in [-0.4, -0.2) is 12.9 Å². The molecule has 1 aromatic rings. The number of benzene rings is 1. The number of rotatable bonds is 1. The third kappa shape index (κ3) is 0.966. The van der Waals surface area contributed by atoms with E-state index < -0.39 is 11.6 Å². The average molecular weight is 191 g/mol. The molecule has 0 fully saturated rings. The van der Waals surface area contributed by atoms with Gasteiger partial charge in [-0.2, -0.15) is 0 Å². The molecule has 2 rings (SSSR count). The number of methoxy groups -OCH3 is 1. The number of carbonyl (C=O) groups is 1. The molecule has 1 aromatic carbocycles. The standard InChI is InChI=1S/C11H13NO2/c1-11(14-2)8-6-4-3-5-7(8)9(12)10(11)13/h3-6,9H,12H2,1-2H3. The molecule has 0 radical (unpaired) electrons. The maximum atomic E-state index is 11.9. The summed E-state index contributed by atoms with van der Waals surface area (Å²) in [6, 6.07) is 7.00. The van der Waals surface area contributed by atoms with E-state index in [0.717, 1.165) is 11.1 Å². The Hall–Kier alpha value is -1.19. The van der Waals surface area contributed by atoms with Crippen LogP contribution in [0.3, 0.4) is 0 Å². The summed E-state index contributed by atoms with van der Waals surface area (Å²) in [4.78, 5) is 11.9. The number of Topliss-reactive ketones (excluding diaryl/α,β-unsaturated/α-hetero) is 1. The average Bonchev–Trinajstić information content (AvgIpc) is 2.43. The summed E-state index contributed by atoms with van der Waals surface area (Å²) in [5, 5.41) is 0. The highest BCUT2D eigenvalue weighted by Crippen LogP contribution is 2.40. The summed E-state index contributed by atoms with van der Waals surface area (Å²) in [6.07, 6.45) is 0. The van der Waals surface area contributed by atoms with Gasteiger partial charge in [0.25, 0.3) is 0 Å². The lowest BCUT2D eigenvalue weighted by atomic mass is 9.97. The highest BCUT2D eigenvalue weighted by Gasteiger charge is 2.47. The van der Waals surface area contributed by atoms with Crippen molar-refractivity contribution in [3.63, 3.8) is 0 Å². The lowest BCUT2D eigenvalue weighted by Crippen LogP contribution is -2.33. The van der Waals surface area contributed by atoms with Gasteiger partial charge < -0.3 is 10.5 Å². The zero-order chi connectivity index (χ0) is 10.3. The molecular weight excluding hydrogens is 178 g/mol. The molecule has 3 nitrogen and oxygen atoms in total. The Morgan fingerprint density at radius 3 is 2.71 bits per heavy atom. The predicted molar refractivity (Wildman–Crippen MR) is 52.7 cm³/mol. The van der Waals surface area contributed by atoms with Crippen molar-refractivity contribution in [1.29, 1.82) is 0 Å². The van der Waals surface area contributed by atoms with E-state index >= 15 is 0 Å². The van der Waals surface area contributed by atoms with Crippen molar-refractivity contribution in [1.82, 2.24) is 0 Å². The molecule has 0 aliphatic heterocycles. The summed E-state index contributed by atoms with van der Waals surface area (Å²) >= 11 is 0. The topological polar surface area (TPSA) is 52.3 Å². The second kappa shape index (κ2) is 2.90. The fourth-order valence-electron chi connectivity index (χ4n) is 1.98. The zero-order valence-electron chi connectivity index (χ0n) is 8.28. The van der Waals surface area contributed by atoms with Crippen LogP contribution >= 0.6 is 0 Å². The number of fused-ring (bicyclic) bond motifs is 1. The van der Waals surface area contributed by atoms with Gasteiger partial charge in [0.05, 0.1) is 6.04 Å². The van der Waals surface area contributed by atoms with Gasteiger partial charge >= 0.3 is 0 Å². The molecule has 74 valence electrons. The van der Waals surface area contributed by atoms with E-state index in [4.69, 9.17) is 10.5 Å². The van der Waals surface area contributed by atoms with Gasteiger partial charge in [-0.3, -0.25) is 4.79 Å². The van der Waals surface area contributed by atoms with Gasteiger partial charge in [0.15, 0.2) is 11.4 Å². The molecule has 2 atom stereocenters.